The molecule has 0 spiro atoms. The lowest BCUT2D eigenvalue weighted by molar-refractivity contribution is -0.127. The van der Waals surface area contributed by atoms with E-state index in [1.807, 2.05) is 59.5 Å². The van der Waals surface area contributed by atoms with Crippen molar-refractivity contribution >= 4 is 17.7 Å². The zero-order valence-corrected chi connectivity index (χ0v) is 17.0. The van der Waals surface area contributed by atoms with E-state index >= 15 is 0 Å². The van der Waals surface area contributed by atoms with E-state index in [2.05, 4.69) is 5.32 Å². The van der Waals surface area contributed by atoms with Gasteiger partial charge in [0, 0.05) is 44.6 Å². The molecule has 6 heteroatoms. The van der Waals surface area contributed by atoms with Gasteiger partial charge in [0.2, 0.25) is 11.8 Å². The third kappa shape index (κ3) is 4.37. The first-order valence-electron chi connectivity index (χ1n) is 10.6. The number of fused-ring (bicyclic) bond motifs is 1. The Hall–Kier alpha value is -3.15. The van der Waals surface area contributed by atoms with Gasteiger partial charge >= 0.3 is 0 Å². The molecule has 0 unspecified atom stereocenters. The number of benzene rings is 2. The van der Waals surface area contributed by atoms with E-state index in [4.69, 9.17) is 0 Å². The summed E-state index contributed by atoms with van der Waals surface area (Å²) in [4.78, 5) is 41.3. The van der Waals surface area contributed by atoms with Gasteiger partial charge in [-0.25, -0.2) is 0 Å². The molecule has 6 nitrogen and oxygen atoms in total. The summed E-state index contributed by atoms with van der Waals surface area (Å²) in [5, 5.41) is 3.00. The van der Waals surface area contributed by atoms with Crippen molar-refractivity contribution in [3.05, 3.63) is 71.3 Å². The summed E-state index contributed by atoms with van der Waals surface area (Å²) in [5.74, 6) is -0.0409. The summed E-state index contributed by atoms with van der Waals surface area (Å²) in [6.07, 6.45) is 2.73. The third-order valence-electron chi connectivity index (χ3n) is 5.88. The molecule has 2 aromatic rings. The fourth-order valence-corrected chi connectivity index (χ4v) is 4.25. The minimum absolute atomic E-state index is 0.0932. The highest BCUT2D eigenvalue weighted by Crippen LogP contribution is 2.26. The number of likely N-dealkylation sites (tertiary alicyclic amines) is 1. The Morgan fingerprint density at radius 3 is 2.53 bits per heavy atom. The van der Waals surface area contributed by atoms with Crippen molar-refractivity contribution < 1.29 is 14.4 Å². The molecule has 156 valence electrons. The average molecular weight is 405 g/mol. The average Bonchev–Trinajstić information content (AvgIpc) is 3.33. The Morgan fingerprint density at radius 2 is 1.80 bits per heavy atom. The van der Waals surface area contributed by atoms with Crippen LogP contribution in [0.1, 0.15) is 40.7 Å². The molecule has 2 heterocycles. The highest BCUT2D eigenvalue weighted by Gasteiger charge is 2.36. The van der Waals surface area contributed by atoms with E-state index in [0.29, 0.717) is 44.5 Å². The maximum atomic E-state index is 13.1. The molecule has 4 rings (SSSR count). The summed E-state index contributed by atoms with van der Waals surface area (Å²) in [6.45, 7) is 2.41. The Labute approximate surface area is 176 Å². The molecule has 1 atom stereocenters. The largest absolute Gasteiger partial charge is 0.354 e. The minimum Gasteiger partial charge on any atom is -0.354 e. The molecular weight excluding hydrogens is 378 g/mol. The van der Waals surface area contributed by atoms with E-state index in [1.54, 1.807) is 4.90 Å². The van der Waals surface area contributed by atoms with Crippen molar-refractivity contribution in [1.29, 1.82) is 0 Å². The maximum Gasteiger partial charge on any atom is 0.255 e. The fraction of sp³-hybridized carbons (Fsp3) is 0.375. The second kappa shape index (κ2) is 9.11. The maximum absolute atomic E-state index is 13.1. The van der Waals surface area contributed by atoms with E-state index in [-0.39, 0.29) is 17.7 Å². The van der Waals surface area contributed by atoms with E-state index in [1.165, 1.54) is 0 Å². The van der Waals surface area contributed by atoms with Gasteiger partial charge in [0.15, 0.2) is 0 Å². The van der Waals surface area contributed by atoms with Crippen LogP contribution in [-0.2, 0) is 22.6 Å². The Morgan fingerprint density at radius 1 is 1.03 bits per heavy atom. The number of nitrogens with zero attached hydrogens (tertiary/aromatic N) is 2. The zero-order valence-electron chi connectivity index (χ0n) is 17.0. The first-order valence-corrected chi connectivity index (χ1v) is 10.6. The molecule has 30 heavy (non-hydrogen) atoms. The van der Waals surface area contributed by atoms with E-state index in [9.17, 15) is 14.4 Å². The normalized spacial score (nSPS) is 16.7. The SMILES string of the molecule is O=C(NCCCN1CCCC1=O)[C@@H](Cc1ccccc1)N1Cc2ccccc2C1=O. The molecular formula is C24H27N3O3. The van der Waals surface area contributed by atoms with Crippen LogP contribution < -0.4 is 5.32 Å². The quantitative estimate of drug-likeness (QED) is 0.686. The molecule has 0 bridgehead atoms. The van der Waals surface area contributed by atoms with Gasteiger partial charge in [-0.2, -0.15) is 0 Å². The smallest absolute Gasteiger partial charge is 0.255 e. The molecule has 2 aromatic carbocycles. The van der Waals surface area contributed by atoms with Crippen LogP contribution in [0.3, 0.4) is 0 Å². The van der Waals surface area contributed by atoms with Crippen molar-refractivity contribution in [3.8, 4) is 0 Å². The number of carbonyl (C=O) groups excluding carboxylic acids is 3. The second-order valence-corrected chi connectivity index (χ2v) is 7.92. The van der Waals surface area contributed by atoms with Crippen LogP contribution in [0.2, 0.25) is 0 Å². The molecule has 0 saturated carbocycles. The van der Waals surface area contributed by atoms with Gasteiger partial charge in [-0.15, -0.1) is 0 Å². The van der Waals surface area contributed by atoms with Crippen molar-refractivity contribution in [1.82, 2.24) is 15.1 Å². The molecule has 1 saturated heterocycles. The van der Waals surface area contributed by atoms with Gasteiger partial charge in [0.05, 0.1) is 0 Å². The first kappa shape index (κ1) is 20.1. The second-order valence-electron chi connectivity index (χ2n) is 7.92. The standard InChI is InChI=1S/C24H27N3O3/c28-22-12-6-14-26(22)15-7-13-25-23(29)21(16-18-8-2-1-3-9-18)27-17-19-10-4-5-11-20(19)24(27)30/h1-5,8-11,21H,6-7,12-17H2,(H,25,29)/t21-/m1/s1. The van der Waals surface area contributed by atoms with Crippen molar-refractivity contribution in [2.45, 2.75) is 38.3 Å². The van der Waals surface area contributed by atoms with Gasteiger partial charge < -0.3 is 15.1 Å². The number of nitrogens with one attached hydrogen (secondary N) is 1. The van der Waals surface area contributed by atoms with Crippen molar-refractivity contribution in [2.75, 3.05) is 19.6 Å². The summed E-state index contributed by atoms with van der Waals surface area (Å²) in [6, 6.07) is 16.7. The lowest BCUT2D eigenvalue weighted by atomic mass is 10.0. The van der Waals surface area contributed by atoms with Crippen LogP contribution in [0, 0.1) is 0 Å². The highest BCUT2D eigenvalue weighted by atomic mass is 16.2. The summed E-state index contributed by atoms with van der Waals surface area (Å²) in [7, 11) is 0. The van der Waals surface area contributed by atoms with Crippen LogP contribution in [0.4, 0.5) is 0 Å². The molecule has 1 fully saturated rings. The summed E-state index contributed by atoms with van der Waals surface area (Å²) >= 11 is 0. The number of hydrogen-bond acceptors (Lipinski definition) is 3. The lowest BCUT2D eigenvalue weighted by Gasteiger charge is -2.27. The van der Waals surface area contributed by atoms with Crippen LogP contribution in [0.5, 0.6) is 0 Å². The van der Waals surface area contributed by atoms with Gasteiger partial charge in [0.1, 0.15) is 6.04 Å². The van der Waals surface area contributed by atoms with Crippen molar-refractivity contribution in [2.24, 2.45) is 0 Å². The fourth-order valence-electron chi connectivity index (χ4n) is 4.25. The molecule has 0 radical (unpaired) electrons. The number of carbonyl (C=O) groups is 3. The number of hydrogen-bond donors (Lipinski definition) is 1. The predicted molar refractivity (Wildman–Crippen MR) is 114 cm³/mol. The van der Waals surface area contributed by atoms with Gasteiger partial charge in [-0.05, 0) is 30.0 Å². The van der Waals surface area contributed by atoms with Gasteiger partial charge in [0.25, 0.3) is 5.91 Å². The van der Waals surface area contributed by atoms with Crippen LogP contribution in [-0.4, -0.2) is 53.2 Å². The summed E-state index contributed by atoms with van der Waals surface area (Å²) < 4.78 is 0. The van der Waals surface area contributed by atoms with Crippen LogP contribution in [0.25, 0.3) is 0 Å². The Kier molecular flexibility index (Phi) is 6.12. The molecule has 0 aliphatic carbocycles. The lowest BCUT2D eigenvalue weighted by Crippen LogP contribution is -2.48. The predicted octanol–water partition coefficient (Wildman–Crippen LogP) is 2.38. The zero-order chi connectivity index (χ0) is 20.9. The van der Waals surface area contributed by atoms with Gasteiger partial charge in [-0.1, -0.05) is 48.5 Å². The molecule has 2 aliphatic heterocycles. The third-order valence-corrected chi connectivity index (χ3v) is 5.88. The molecule has 1 N–H and O–H groups in total. The number of amides is 3. The molecule has 2 aliphatic rings. The summed E-state index contributed by atoms with van der Waals surface area (Å²) in [5.41, 5.74) is 2.65. The Balaban J connectivity index is 1.42. The van der Waals surface area contributed by atoms with Crippen molar-refractivity contribution in [3.63, 3.8) is 0 Å². The van der Waals surface area contributed by atoms with Gasteiger partial charge in [-0.3, -0.25) is 14.4 Å². The van der Waals surface area contributed by atoms with E-state index in [0.717, 1.165) is 24.1 Å². The van der Waals surface area contributed by atoms with Crippen LogP contribution in [0.15, 0.2) is 54.6 Å². The van der Waals surface area contributed by atoms with E-state index < -0.39 is 6.04 Å². The molecule has 3 amide bonds. The highest BCUT2D eigenvalue weighted by molar-refractivity contribution is 6.01. The monoisotopic (exact) mass is 405 g/mol. The topological polar surface area (TPSA) is 69.7 Å². The number of rotatable bonds is 8. The van der Waals surface area contributed by atoms with Crippen LogP contribution >= 0.6 is 0 Å². The molecule has 0 aromatic heterocycles. The first-order chi connectivity index (χ1) is 14.6. The minimum atomic E-state index is -0.569. The Bertz CT molecular complexity index is 928.